The minimum absolute atomic E-state index is 0.0113. The molecule has 8 N–H and O–H groups in total. The lowest BCUT2D eigenvalue weighted by Crippen LogP contribution is -2.09. The van der Waals surface area contributed by atoms with Crippen molar-refractivity contribution in [3.8, 4) is 0 Å². The van der Waals surface area contributed by atoms with E-state index in [1.807, 2.05) is 0 Å². The molecule has 5 rings (SSSR count). The van der Waals surface area contributed by atoms with Crippen LogP contribution in [0.15, 0.2) is 112 Å². The van der Waals surface area contributed by atoms with Gasteiger partial charge in [0.25, 0.3) is 0 Å². The van der Waals surface area contributed by atoms with Crippen LogP contribution in [-0.4, -0.2) is 111 Å². The summed E-state index contributed by atoms with van der Waals surface area (Å²) in [5.74, 6) is -10.5. The monoisotopic (exact) mass is 828 g/mol. The number of fused-ring (bicyclic) bond motifs is 4. The zero-order valence-electron chi connectivity index (χ0n) is 31.4. The molecule has 0 aliphatic carbocycles. The Bertz CT molecular complexity index is 2110. The summed E-state index contributed by atoms with van der Waals surface area (Å²) in [7, 11) is 0. The fourth-order valence-electron chi connectivity index (χ4n) is 7.21. The van der Waals surface area contributed by atoms with Crippen molar-refractivity contribution in [2.24, 2.45) is 20.0 Å². The van der Waals surface area contributed by atoms with Crippen molar-refractivity contribution < 1.29 is 79.2 Å². The largest absolute Gasteiger partial charge is 0.481 e. The lowest BCUT2D eigenvalue weighted by molar-refractivity contribution is -0.138. The molecule has 20 heteroatoms. The van der Waals surface area contributed by atoms with Gasteiger partial charge in [0.05, 0.1) is 71.3 Å². The molecular weight excluding hydrogens is 792 g/mol. The van der Waals surface area contributed by atoms with Crippen LogP contribution in [0.4, 0.5) is 0 Å². The van der Waals surface area contributed by atoms with Gasteiger partial charge >= 0.3 is 47.8 Å². The Labute approximate surface area is 338 Å². The summed E-state index contributed by atoms with van der Waals surface area (Å²) in [6, 6.07) is 0. The van der Waals surface area contributed by atoms with Crippen molar-refractivity contribution in [1.82, 2.24) is 0 Å². The molecule has 0 radical (unpaired) electrons. The second kappa shape index (κ2) is 18.3. The molecule has 0 aromatic heterocycles. The zero-order chi connectivity index (χ0) is 44.0. The molecule has 20 nitrogen and oxygen atoms in total. The Kier molecular flexibility index (Phi) is 13.3. The van der Waals surface area contributed by atoms with E-state index in [4.69, 9.17) is 0 Å². The van der Waals surface area contributed by atoms with E-state index in [0.717, 1.165) is 0 Å². The molecular formula is C40H36N4O16. The Morgan fingerprint density at radius 3 is 0.633 bits per heavy atom. The number of carbonyl (C=O) groups is 8. The Morgan fingerprint density at radius 2 is 0.483 bits per heavy atom. The van der Waals surface area contributed by atoms with E-state index in [1.165, 1.54) is 24.3 Å². The third-order valence-corrected chi connectivity index (χ3v) is 9.66. The van der Waals surface area contributed by atoms with Gasteiger partial charge in [0.15, 0.2) is 0 Å². The van der Waals surface area contributed by atoms with Crippen molar-refractivity contribution in [3.63, 3.8) is 0 Å². The van der Waals surface area contributed by atoms with Crippen LogP contribution in [0.5, 0.6) is 0 Å². The number of nitrogens with zero attached hydrogens (tertiary/aromatic N) is 4. The summed E-state index contributed by atoms with van der Waals surface area (Å²) < 4.78 is 0. The van der Waals surface area contributed by atoms with E-state index in [-0.39, 0.29) is 116 Å². The van der Waals surface area contributed by atoms with Crippen molar-refractivity contribution in [3.05, 3.63) is 91.7 Å². The first-order valence-corrected chi connectivity index (χ1v) is 18.2. The summed E-state index contributed by atoms with van der Waals surface area (Å²) in [6.07, 6.45) is -0.935. The average molecular weight is 829 g/mol. The number of rotatable bonds is 20. The standard InChI is InChI=1S/C40H36N4O16/c45-33(46)5-1-17-21(9-37(53)54)29-14-26-19(3-7-35(49)50)23(11-39(57)58)31(43-26)16-28-20(4-8-36(51)52)24(12-40(59)60)32(44-28)15-27-18(2-6-34(47)48)22(10-38(55)56)30(42-27)13-25(17)41-29/h13-16H,1-12H2,(H,45,46)(H,47,48)(H,49,50)(H,51,52)(H,53,54)(H,55,56)(H,57,58)(H,59,60). The maximum absolute atomic E-state index is 12.3. The molecule has 0 saturated carbocycles. The van der Waals surface area contributed by atoms with Gasteiger partial charge < -0.3 is 40.9 Å². The molecule has 0 unspecified atom stereocenters. The lowest BCUT2D eigenvalue weighted by atomic mass is 9.92. The van der Waals surface area contributed by atoms with Gasteiger partial charge in [-0.1, -0.05) is 0 Å². The number of allylic oxidation sites excluding steroid dienone is 8. The minimum Gasteiger partial charge on any atom is -0.481 e. The van der Waals surface area contributed by atoms with E-state index in [0.29, 0.717) is 0 Å². The summed E-state index contributed by atoms with van der Waals surface area (Å²) in [5.41, 5.74) is 0.00237. The highest BCUT2D eigenvalue weighted by Gasteiger charge is 2.34. The quantitative estimate of drug-likeness (QED) is 0.0862. The predicted octanol–water partition coefficient (Wildman–Crippen LogP) is 3.90. The van der Waals surface area contributed by atoms with E-state index in [9.17, 15) is 79.2 Å². The molecule has 8 bridgehead atoms. The molecule has 5 heterocycles. The highest BCUT2D eigenvalue weighted by Crippen LogP contribution is 2.41. The molecule has 0 aromatic carbocycles. The SMILES string of the molecule is O=C(O)CCC1=C(CC(=O)O)C2=NC1=CC1=NC(=CC3=NC(=CC4=NC(=C2)C(CCC(=O)O)=C4CC(=O)O)C(CCC(=O)O)=C3CC(=O)O)C(CCC(=O)O)=C1CC(=O)O. The second-order valence-electron chi connectivity index (χ2n) is 13.8. The van der Waals surface area contributed by atoms with Crippen molar-refractivity contribution in [1.29, 1.82) is 0 Å². The molecule has 5 aliphatic rings. The first-order chi connectivity index (χ1) is 28.3. The molecule has 0 saturated heterocycles. The van der Waals surface area contributed by atoms with E-state index in [1.54, 1.807) is 0 Å². The molecule has 0 atom stereocenters. The highest BCUT2D eigenvalue weighted by atomic mass is 16.4. The number of aliphatic imine (C=N–C) groups is 4. The van der Waals surface area contributed by atoms with Crippen LogP contribution >= 0.6 is 0 Å². The van der Waals surface area contributed by atoms with Crippen LogP contribution in [0, 0.1) is 0 Å². The molecule has 0 spiro atoms. The predicted molar refractivity (Wildman–Crippen MR) is 207 cm³/mol. The van der Waals surface area contributed by atoms with Gasteiger partial charge in [0, 0.05) is 25.7 Å². The van der Waals surface area contributed by atoms with Crippen LogP contribution in [0.2, 0.25) is 0 Å². The van der Waals surface area contributed by atoms with Crippen LogP contribution in [0.1, 0.15) is 77.0 Å². The van der Waals surface area contributed by atoms with E-state index in [2.05, 4.69) is 20.0 Å². The average Bonchev–Trinajstić information content (AvgIpc) is 3.81. The normalized spacial score (nSPS) is 17.1. The summed E-state index contributed by atoms with van der Waals surface area (Å²) >= 11 is 0. The Balaban J connectivity index is 1.95. The van der Waals surface area contributed by atoms with Crippen molar-refractivity contribution in [2.45, 2.75) is 77.0 Å². The van der Waals surface area contributed by atoms with Crippen LogP contribution in [-0.2, 0) is 38.4 Å². The van der Waals surface area contributed by atoms with Crippen LogP contribution in [0.25, 0.3) is 0 Å². The minimum atomic E-state index is -1.36. The van der Waals surface area contributed by atoms with E-state index < -0.39 is 99.1 Å². The number of aliphatic carboxylic acids is 8. The first kappa shape index (κ1) is 43.5. The van der Waals surface area contributed by atoms with Crippen LogP contribution < -0.4 is 0 Å². The third kappa shape index (κ3) is 10.4. The van der Waals surface area contributed by atoms with Gasteiger partial charge in [-0.05, 0) is 94.6 Å². The number of hydrogen-bond donors (Lipinski definition) is 8. The molecule has 312 valence electrons. The Hall–Kier alpha value is -7.64. The van der Waals surface area contributed by atoms with E-state index >= 15 is 0 Å². The number of carboxylic acid groups (broad SMARTS) is 8. The molecule has 0 aromatic rings. The third-order valence-electron chi connectivity index (χ3n) is 9.66. The molecule has 0 fully saturated rings. The van der Waals surface area contributed by atoms with Gasteiger partial charge in [0.1, 0.15) is 0 Å². The smallest absolute Gasteiger partial charge is 0.307 e. The van der Waals surface area contributed by atoms with Crippen molar-refractivity contribution >= 4 is 70.6 Å². The maximum atomic E-state index is 12.3. The van der Waals surface area contributed by atoms with Gasteiger partial charge in [0.2, 0.25) is 0 Å². The number of carboxylic acids is 8. The van der Waals surface area contributed by atoms with Crippen LogP contribution in [0.3, 0.4) is 0 Å². The van der Waals surface area contributed by atoms with Gasteiger partial charge in [-0.2, -0.15) is 0 Å². The lowest BCUT2D eigenvalue weighted by Gasteiger charge is -2.10. The fourth-order valence-corrected chi connectivity index (χ4v) is 7.21. The maximum Gasteiger partial charge on any atom is 0.307 e. The summed E-state index contributed by atoms with van der Waals surface area (Å²) in [4.78, 5) is 115. The number of hydrogen-bond acceptors (Lipinski definition) is 12. The molecule has 60 heavy (non-hydrogen) atoms. The highest BCUT2D eigenvalue weighted by molar-refractivity contribution is 6.22. The Morgan fingerprint density at radius 1 is 0.300 bits per heavy atom. The topological polar surface area (TPSA) is 348 Å². The molecule has 0 amide bonds. The summed E-state index contributed by atoms with van der Waals surface area (Å²) in [6.45, 7) is 0. The van der Waals surface area contributed by atoms with Crippen molar-refractivity contribution in [2.75, 3.05) is 0 Å². The van der Waals surface area contributed by atoms with Gasteiger partial charge in [-0.15, -0.1) is 0 Å². The zero-order valence-corrected chi connectivity index (χ0v) is 31.4. The first-order valence-electron chi connectivity index (χ1n) is 18.2. The van der Waals surface area contributed by atoms with Gasteiger partial charge in [-0.3, -0.25) is 38.4 Å². The second-order valence-corrected chi connectivity index (χ2v) is 13.8. The molecule has 5 aliphatic heterocycles. The summed E-state index contributed by atoms with van der Waals surface area (Å²) in [5, 5.41) is 78.5. The fraction of sp³-hybridized carbons (Fsp3) is 0.300. The van der Waals surface area contributed by atoms with Gasteiger partial charge in [-0.25, -0.2) is 20.0 Å².